The molecule has 9 nitrogen and oxygen atoms in total. The van der Waals surface area contributed by atoms with Gasteiger partial charge in [-0.2, -0.15) is 4.99 Å². The summed E-state index contributed by atoms with van der Waals surface area (Å²) in [5.74, 6) is 5.00. The Morgan fingerprint density at radius 3 is 2.26 bits per heavy atom. The van der Waals surface area contributed by atoms with Crippen LogP contribution in [0, 0.1) is 0 Å². The smallest absolute Gasteiger partial charge is 0.296 e. The fourth-order valence-corrected chi connectivity index (χ4v) is 3.12. The van der Waals surface area contributed by atoms with E-state index in [9.17, 15) is 4.79 Å². The molecule has 0 atom stereocenters. The van der Waals surface area contributed by atoms with E-state index in [2.05, 4.69) is 20.4 Å². The summed E-state index contributed by atoms with van der Waals surface area (Å²) in [5.41, 5.74) is 21.8. The van der Waals surface area contributed by atoms with E-state index in [-0.39, 0.29) is 17.5 Å². The van der Waals surface area contributed by atoms with E-state index in [1.54, 1.807) is 12.4 Å². The lowest BCUT2D eigenvalue weighted by atomic mass is 9.63. The van der Waals surface area contributed by atoms with Crippen LogP contribution in [0.1, 0.15) is 24.8 Å². The third-order valence-electron chi connectivity index (χ3n) is 4.85. The number of amidine groups is 1. The van der Waals surface area contributed by atoms with Gasteiger partial charge >= 0.3 is 0 Å². The van der Waals surface area contributed by atoms with Crippen molar-refractivity contribution in [2.24, 2.45) is 22.3 Å². The highest BCUT2D eigenvalue weighted by molar-refractivity contribution is 6.05. The van der Waals surface area contributed by atoms with Gasteiger partial charge in [0.15, 0.2) is 0 Å². The van der Waals surface area contributed by atoms with Crippen molar-refractivity contribution in [3.63, 3.8) is 0 Å². The second kappa shape index (κ2) is 7.42. The maximum absolute atomic E-state index is 12.0. The number of nitrogens with two attached hydrogens (primary N) is 4. The van der Waals surface area contributed by atoms with Crippen LogP contribution >= 0.6 is 0 Å². The van der Waals surface area contributed by atoms with Gasteiger partial charge in [-0.15, -0.1) is 0 Å². The molecule has 1 aliphatic rings. The van der Waals surface area contributed by atoms with Crippen molar-refractivity contribution in [1.82, 2.24) is 15.4 Å². The summed E-state index contributed by atoms with van der Waals surface area (Å²) in [7, 11) is 0. The number of nitrogen functional groups attached to an aromatic ring is 1. The van der Waals surface area contributed by atoms with E-state index < -0.39 is 11.3 Å². The molecule has 0 radical (unpaired) electrons. The van der Waals surface area contributed by atoms with Gasteiger partial charge < -0.3 is 22.6 Å². The van der Waals surface area contributed by atoms with Crippen molar-refractivity contribution in [1.29, 1.82) is 0 Å². The lowest BCUT2D eigenvalue weighted by molar-refractivity contribution is -0.114. The van der Waals surface area contributed by atoms with Gasteiger partial charge in [0.1, 0.15) is 11.5 Å². The molecule has 0 unspecified atom stereocenters. The number of aromatic nitrogens is 2. The maximum atomic E-state index is 12.0. The molecule has 27 heavy (non-hydrogen) atoms. The van der Waals surface area contributed by atoms with Gasteiger partial charge in [0.05, 0.1) is 5.41 Å². The van der Waals surface area contributed by atoms with E-state index in [0.29, 0.717) is 0 Å². The number of benzene rings is 1. The van der Waals surface area contributed by atoms with Crippen LogP contribution in [-0.4, -0.2) is 21.7 Å². The highest BCUT2D eigenvalue weighted by atomic mass is 16.1. The second-order valence-electron chi connectivity index (χ2n) is 6.41. The first-order chi connectivity index (χ1) is 13.0. The standard InChI is InChI=1S/C18H22N8O/c19-14(10-25-22)15(27)26-16(20)18(6-1-7-18)13-4-2-11(3-5-13)12-8-23-17(21)24-9-12/h2-5,8-10,25H,1,6-7,19,22H2,(H2,20,26,27)(H2,21,23,24)/b14-10-. The van der Waals surface area contributed by atoms with Crippen molar-refractivity contribution in [3.8, 4) is 11.1 Å². The topological polar surface area (TPSA) is 171 Å². The number of hydrazine groups is 1. The summed E-state index contributed by atoms with van der Waals surface area (Å²) < 4.78 is 0. The normalized spacial score (nSPS) is 16.5. The Kier molecular flexibility index (Phi) is 5.04. The van der Waals surface area contributed by atoms with Crippen LogP contribution < -0.4 is 28.5 Å². The summed E-state index contributed by atoms with van der Waals surface area (Å²) in [4.78, 5) is 24.0. The van der Waals surface area contributed by atoms with E-state index in [0.717, 1.165) is 36.0 Å². The number of nitrogens with one attached hydrogen (secondary N) is 1. The number of rotatable bonds is 5. The fourth-order valence-electron chi connectivity index (χ4n) is 3.12. The van der Waals surface area contributed by atoms with E-state index in [1.807, 2.05) is 24.3 Å². The molecule has 2 aromatic rings. The van der Waals surface area contributed by atoms with Crippen LogP contribution in [0.2, 0.25) is 0 Å². The molecule has 9 N–H and O–H groups in total. The Bertz CT molecular complexity index is 883. The molecule has 0 spiro atoms. The van der Waals surface area contributed by atoms with Crippen LogP contribution in [0.25, 0.3) is 11.1 Å². The van der Waals surface area contributed by atoms with Crippen molar-refractivity contribution in [2.45, 2.75) is 24.7 Å². The van der Waals surface area contributed by atoms with Gasteiger partial charge in [0, 0.05) is 24.2 Å². The number of carbonyl (C=O) groups is 1. The SMILES string of the molecule is NN/C=C(\N)C(=O)N=C(N)C1(c2ccc(-c3cnc(N)nc3)cc2)CCC1. The van der Waals surface area contributed by atoms with Crippen LogP contribution in [-0.2, 0) is 10.2 Å². The molecule has 1 heterocycles. The molecule has 1 aromatic carbocycles. The van der Waals surface area contributed by atoms with E-state index in [1.165, 1.54) is 6.20 Å². The Hall–Kier alpha value is -3.46. The Balaban J connectivity index is 1.87. The number of carbonyl (C=O) groups excluding carboxylic acids is 1. The van der Waals surface area contributed by atoms with E-state index in [4.69, 9.17) is 23.0 Å². The predicted octanol–water partition coefficient (Wildman–Crippen LogP) is 0.295. The third kappa shape index (κ3) is 3.58. The molecule has 0 aliphatic heterocycles. The van der Waals surface area contributed by atoms with Gasteiger partial charge in [-0.3, -0.25) is 10.6 Å². The van der Waals surface area contributed by atoms with Crippen LogP contribution in [0.15, 0.2) is 53.5 Å². The molecule has 9 heteroatoms. The predicted molar refractivity (Wildman–Crippen MR) is 104 cm³/mol. The minimum Gasteiger partial charge on any atom is -0.393 e. The Labute approximate surface area is 156 Å². The zero-order valence-corrected chi connectivity index (χ0v) is 14.7. The molecule has 1 fully saturated rings. The van der Waals surface area contributed by atoms with Gasteiger partial charge in [0.2, 0.25) is 5.95 Å². The van der Waals surface area contributed by atoms with Crippen molar-refractivity contribution >= 4 is 17.7 Å². The quantitative estimate of drug-likeness (QED) is 0.165. The van der Waals surface area contributed by atoms with Crippen LogP contribution in [0.3, 0.4) is 0 Å². The summed E-state index contributed by atoms with van der Waals surface area (Å²) in [6.45, 7) is 0. The van der Waals surface area contributed by atoms with Crippen molar-refractivity contribution in [2.75, 3.05) is 5.73 Å². The van der Waals surface area contributed by atoms with E-state index >= 15 is 0 Å². The molecule has 0 bridgehead atoms. The summed E-state index contributed by atoms with van der Waals surface area (Å²) in [5, 5.41) is 0. The highest BCUT2D eigenvalue weighted by Crippen LogP contribution is 2.44. The third-order valence-corrected chi connectivity index (χ3v) is 4.85. The highest BCUT2D eigenvalue weighted by Gasteiger charge is 2.42. The zero-order valence-electron chi connectivity index (χ0n) is 14.7. The first kappa shape index (κ1) is 18.3. The largest absolute Gasteiger partial charge is 0.393 e. The number of hydrogen-bond acceptors (Lipinski definition) is 7. The summed E-state index contributed by atoms with van der Waals surface area (Å²) in [6.07, 6.45) is 7.16. The average molecular weight is 366 g/mol. The van der Waals surface area contributed by atoms with Crippen LogP contribution in [0.4, 0.5) is 5.95 Å². The molecule has 1 saturated carbocycles. The molecular formula is C18H22N8O. The van der Waals surface area contributed by atoms with Crippen molar-refractivity contribution < 1.29 is 4.79 Å². The number of hydrogen-bond donors (Lipinski definition) is 5. The maximum Gasteiger partial charge on any atom is 0.296 e. The lowest BCUT2D eigenvalue weighted by Gasteiger charge is -2.41. The average Bonchev–Trinajstić information content (AvgIpc) is 2.62. The molecule has 1 amide bonds. The molecule has 3 rings (SSSR count). The van der Waals surface area contributed by atoms with Gasteiger partial charge in [-0.1, -0.05) is 30.7 Å². The fraction of sp³-hybridized carbons (Fsp3) is 0.222. The minimum atomic E-state index is -0.618. The lowest BCUT2D eigenvalue weighted by Crippen LogP contribution is -2.47. The molecule has 1 aromatic heterocycles. The van der Waals surface area contributed by atoms with Crippen molar-refractivity contribution in [3.05, 3.63) is 54.1 Å². The van der Waals surface area contributed by atoms with Gasteiger partial charge in [-0.05, 0) is 24.0 Å². The second-order valence-corrected chi connectivity index (χ2v) is 6.41. The van der Waals surface area contributed by atoms with Crippen LogP contribution in [0.5, 0.6) is 0 Å². The Morgan fingerprint density at radius 1 is 1.11 bits per heavy atom. The molecule has 0 saturated heterocycles. The summed E-state index contributed by atoms with van der Waals surface area (Å²) >= 11 is 0. The van der Waals surface area contributed by atoms with Gasteiger partial charge in [-0.25, -0.2) is 9.97 Å². The minimum absolute atomic E-state index is 0.103. The summed E-state index contributed by atoms with van der Waals surface area (Å²) in [6, 6.07) is 7.90. The molecule has 1 aliphatic carbocycles. The number of amides is 1. The molecule has 140 valence electrons. The number of anilines is 1. The number of aliphatic imine (C=N–C) groups is 1. The zero-order chi connectivity index (χ0) is 19.4. The van der Waals surface area contributed by atoms with Gasteiger partial charge in [0.25, 0.3) is 5.91 Å². The molecular weight excluding hydrogens is 344 g/mol. The first-order valence-electron chi connectivity index (χ1n) is 8.45. The monoisotopic (exact) mass is 366 g/mol. The Morgan fingerprint density at radius 2 is 1.74 bits per heavy atom. The first-order valence-corrected chi connectivity index (χ1v) is 8.45. The number of nitrogens with zero attached hydrogens (tertiary/aromatic N) is 3.